The van der Waals surface area contributed by atoms with Crippen molar-refractivity contribution < 1.29 is 0 Å². The lowest BCUT2D eigenvalue weighted by atomic mass is 10.0. The third kappa shape index (κ3) is 1.53. The molecule has 0 bridgehead atoms. The van der Waals surface area contributed by atoms with Gasteiger partial charge in [-0.1, -0.05) is 6.92 Å². The summed E-state index contributed by atoms with van der Waals surface area (Å²) >= 11 is 1.90. The van der Waals surface area contributed by atoms with Gasteiger partial charge in [0.1, 0.15) is 0 Å². The first kappa shape index (κ1) is 8.88. The second-order valence-electron chi connectivity index (χ2n) is 3.26. The molecular formula is C10H14N2S. The van der Waals surface area contributed by atoms with Crippen LogP contribution in [0, 0.1) is 5.92 Å². The van der Waals surface area contributed by atoms with Gasteiger partial charge in [-0.15, -0.1) is 11.8 Å². The number of hydrogen-bond acceptors (Lipinski definition) is 3. The minimum atomic E-state index is 0.490. The van der Waals surface area contributed by atoms with E-state index < -0.39 is 0 Å². The van der Waals surface area contributed by atoms with Crippen LogP contribution in [0.3, 0.4) is 0 Å². The van der Waals surface area contributed by atoms with Gasteiger partial charge in [0.05, 0.1) is 11.1 Å². The lowest BCUT2D eigenvalue weighted by Gasteiger charge is -2.25. The van der Waals surface area contributed by atoms with Gasteiger partial charge in [-0.3, -0.25) is 4.99 Å². The number of aliphatic imine (C=N–C) groups is 1. The zero-order valence-corrected chi connectivity index (χ0v) is 8.79. The van der Waals surface area contributed by atoms with Crippen LogP contribution in [-0.2, 0) is 0 Å². The van der Waals surface area contributed by atoms with E-state index in [9.17, 15) is 0 Å². The molecule has 2 aliphatic rings. The van der Waals surface area contributed by atoms with Gasteiger partial charge < -0.3 is 4.90 Å². The zero-order valence-electron chi connectivity index (χ0n) is 7.97. The summed E-state index contributed by atoms with van der Waals surface area (Å²) in [5.41, 5.74) is 0. The molecule has 0 aromatic carbocycles. The van der Waals surface area contributed by atoms with Crippen molar-refractivity contribution in [3.05, 3.63) is 23.4 Å². The van der Waals surface area contributed by atoms with Crippen LogP contribution in [0.25, 0.3) is 0 Å². The van der Waals surface area contributed by atoms with Crippen molar-refractivity contribution in [3.63, 3.8) is 0 Å². The fourth-order valence-corrected chi connectivity index (χ4v) is 2.63. The molecule has 2 aliphatic heterocycles. The Balaban J connectivity index is 2.16. The van der Waals surface area contributed by atoms with E-state index in [4.69, 9.17) is 0 Å². The van der Waals surface area contributed by atoms with Gasteiger partial charge in [0, 0.05) is 25.4 Å². The number of likely N-dealkylation sites (N-methyl/N-ethyl adjacent to an activating group) is 1. The van der Waals surface area contributed by atoms with E-state index in [0.29, 0.717) is 12.0 Å². The van der Waals surface area contributed by atoms with Gasteiger partial charge in [-0.05, 0) is 17.9 Å². The highest BCUT2D eigenvalue weighted by Gasteiger charge is 2.29. The summed E-state index contributed by atoms with van der Waals surface area (Å²) in [5.74, 6) is 1.63. The molecule has 0 N–H and O–H groups in total. The SMILES string of the molecule is CCSC1=CC2C=NC=CC2N1C. The van der Waals surface area contributed by atoms with E-state index in [1.807, 2.05) is 24.2 Å². The highest BCUT2D eigenvalue weighted by atomic mass is 32.2. The molecule has 0 aromatic rings. The van der Waals surface area contributed by atoms with Crippen LogP contribution < -0.4 is 0 Å². The molecule has 2 nitrogen and oxygen atoms in total. The molecule has 2 atom stereocenters. The van der Waals surface area contributed by atoms with Crippen LogP contribution in [0.15, 0.2) is 28.4 Å². The molecule has 70 valence electrons. The van der Waals surface area contributed by atoms with Gasteiger partial charge in [0.25, 0.3) is 0 Å². The van der Waals surface area contributed by atoms with Crippen LogP contribution in [0.4, 0.5) is 0 Å². The van der Waals surface area contributed by atoms with Crippen LogP contribution >= 0.6 is 11.8 Å². The first-order valence-electron chi connectivity index (χ1n) is 4.60. The summed E-state index contributed by atoms with van der Waals surface area (Å²) < 4.78 is 0. The third-order valence-electron chi connectivity index (χ3n) is 2.44. The van der Waals surface area contributed by atoms with Gasteiger partial charge in [-0.2, -0.15) is 0 Å². The van der Waals surface area contributed by atoms with Gasteiger partial charge in [-0.25, -0.2) is 0 Å². The van der Waals surface area contributed by atoms with Crippen molar-refractivity contribution in [1.29, 1.82) is 0 Å². The summed E-state index contributed by atoms with van der Waals surface area (Å²) in [5, 5.41) is 1.38. The molecule has 0 saturated heterocycles. The van der Waals surface area contributed by atoms with Gasteiger partial charge in [0.2, 0.25) is 0 Å². The number of fused-ring (bicyclic) bond motifs is 1. The molecule has 13 heavy (non-hydrogen) atoms. The summed E-state index contributed by atoms with van der Waals surface area (Å²) in [7, 11) is 2.16. The molecule has 2 unspecified atom stereocenters. The Morgan fingerprint density at radius 2 is 2.46 bits per heavy atom. The minimum Gasteiger partial charge on any atom is -0.362 e. The molecule has 0 spiro atoms. The van der Waals surface area contributed by atoms with Crippen molar-refractivity contribution in [3.8, 4) is 0 Å². The molecular weight excluding hydrogens is 180 g/mol. The predicted octanol–water partition coefficient (Wildman–Crippen LogP) is 2.11. The van der Waals surface area contributed by atoms with Crippen molar-refractivity contribution in [2.75, 3.05) is 12.8 Å². The molecule has 3 heteroatoms. The summed E-state index contributed by atoms with van der Waals surface area (Å²) in [6, 6.07) is 0.506. The highest BCUT2D eigenvalue weighted by Crippen LogP contribution is 2.33. The van der Waals surface area contributed by atoms with Crippen LogP contribution in [0.5, 0.6) is 0 Å². The first-order chi connectivity index (χ1) is 6.33. The lowest BCUT2D eigenvalue weighted by molar-refractivity contribution is 0.384. The van der Waals surface area contributed by atoms with Crippen LogP contribution in [0.2, 0.25) is 0 Å². The standard InChI is InChI=1S/C10H14N2S/c1-3-13-10-6-8-7-11-5-4-9(8)12(10)2/h4-9H,3H2,1-2H3. The molecule has 0 saturated carbocycles. The topological polar surface area (TPSA) is 15.6 Å². The van der Waals surface area contributed by atoms with Crippen molar-refractivity contribution >= 4 is 18.0 Å². The predicted molar refractivity (Wildman–Crippen MR) is 58.9 cm³/mol. The Hall–Kier alpha value is -0.700. The smallest absolute Gasteiger partial charge is 0.0676 e. The van der Waals surface area contributed by atoms with E-state index in [2.05, 4.69) is 36.0 Å². The maximum absolute atomic E-state index is 4.16. The van der Waals surface area contributed by atoms with E-state index in [1.165, 1.54) is 5.03 Å². The second kappa shape index (κ2) is 3.58. The minimum absolute atomic E-state index is 0.490. The normalized spacial score (nSPS) is 30.6. The third-order valence-corrected chi connectivity index (χ3v) is 3.45. The monoisotopic (exact) mass is 194 g/mol. The van der Waals surface area contributed by atoms with E-state index in [1.54, 1.807) is 0 Å². The number of rotatable bonds is 2. The Morgan fingerprint density at radius 3 is 3.15 bits per heavy atom. The highest BCUT2D eigenvalue weighted by molar-refractivity contribution is 8.02. The Kier molecular flexibility index (Phi) is 2.44. The van der Waals surface area contributed by atoms with E-state index >= 15 is 0 Å². The fourth-order valence-electron chi connectivity index (χ4n) is 1.76. The summed E-state index contributed by atoms with van der Waals surface area (Å²) in [6.07, 6.45) is 8.41. The molecule has 2 heterocycles. The number of nitrogens with zero attached hydrogens (tertiary/aromatic N) is 2. The van der Waals surface area contributed by atoms with Crippen molar-refractivity contribution in [1.82, 2.24) is 4.90 Å². The number of thioether (sulfide) groups is 1. The zero-order chi connectivity index (χ0) is 9.26. The van der Waals surface area contributed by atoms with E-state index in [0.717, 1.165) is 5.75 Å². The van der Waals surface area contributed by atoms with Crippen LogP contribution in [-0.4, -0.2) is 30.0 Å². The maximum atomic E-state index is 4.16. The largest absolute Gasteiger partial charge is 0.362 e. The summed E-state index contributed by atoms with van der Waals surface area (Å²) in [6.45, 7) is 2.19. The van der Waals surface area contributed by atoms with E-state index in [-0.39, 0.29) is 0 Å². The van der Waals surface area contributed by atoms with Crippen molar-refractivity contribution in [2.24, 2.45) is 10.9 Å². The Labute approximate surface area is 83.4 Å². The molecule has 2 rings (SSSR count). The molecule has 0 aliphatic carbocycles. The average Bonchev–Trinajstić information content (AvgIpc) is 2.46. The number of hydrogen-bond donors (Lipinski definition) is 0. The molecule has 0 fully saturated rings. The maximum Gasteiger partial charge on any atom is 0.0676 e. The van der Waals surface area contributed by atoms with Crippen molar-refractivity contribution in [2.45, 2.75) is 13.0 Å². The Morgan fingerprint density at radius 1 is 1.62 bits per heavy atom. The quantitative estimate of drug-likeness (QED) is 0.669. The fraction of sp³-hybridized carbons (Fsp3) is 0.500. The van der Waals surface area contributed by atoms with Gasteiger partial charge in [0.15, 0.2) is 0 Å². The molecule has 0 amide bonds. The molecule has 0 radical (unpaired) electrons. The van der Waals surface area contributed by atoms with Crippen LogP contribution in [0.1, 0.15) is 6.92 Å². The molecule has 0 aromatic heterocycles. The second-order valence-corrected chi connectivity index (χ2v) is 4.54. The average molecular weight is 194 g/mol. The summed E-state index contributed by atoms with van der Waals surface area (Å²) in [4.78, 5) is 6.50. The lowest BCUT2D eigenvalue weighted by Crippen LogP contribution is -2.30. The van der Waals surface area contributed by atoms with Gasteiger partial charge >= 0.3 is 0 Å². The first-order valence-corrected chi connectivity index (χ1v) is 5.59. The Bertz CT molecular complexity index is 281.